The molecule has 0 aliphatic carbocycles. The monoisotopic (exact) mass is 311 g/mol. The molecule has 2 N–H and O–H groups in total. The average molecular weight is 312 g/mol. The highest BCUT2D eigenvalue weighted by atomic mass is 35.5. The minimum atomic E-state index is -0.171. The largest absolute Gasteiger partial charge is 0.336 e. The van der Waals surface area contributed by atoms with E-state index < -0.39 is 0 Å². The van der Waals surface area contributed by atoms with Gasteiger partial charge in [-0.15, -0.1) is 12.4 Å². The van der Waals surface area contributed by atoms with E-state index >= 15 is 0 Å². The minimum Gasteiger partial charge on any atom is -0.336 e. The molecule has 0 spiro atoms. The number of hydrogen-bond donors (Lipinski definition) is 2. The van der Waals surface area contributed by atoms with Crippen LogP contribution in [0.25, 0.3) is 0 Å². The lowest BCUT2D eigenvalue weighted by Gasteiger charge is -2.26. The number of halogens is 1. The molecular weight excluding hydrogens is 290 g/mol. The molecule has 0 radical (unpaired) electrons. The second kappa shape index (κ2) is 8.64. The Kier molecular flexibility index (Phi) is 7.19. The first-order chi connectivity index (χ1) is 9.66. The number of rotatable bonds is 4. The van der Waals surface area contributed by atoms with E-state index in [4.69, 9.17) is 0 Å². The molecule has 2 rings (SSSR count). The predicted octanol–water partition coefficient (Wildman–Crippen LogP) is 1.50. The summed E-state index contributed by atoms with van der Waals surface area (Å²) >= 11 is 0. The number of carbonyl (C=O) groups is 2. The number of likely N-dealkylation sites (N-methyl/N-ethyl adjacent to an activating group) is 1. The summed E-state index contributed by atoms with van der Waals surface area (Å²) < 4.78 is 0. The van der Waals surface area contributed by atoms with Crippen molar-refractivity contribution in [3.05, 3.63) is 30.3 Å². The van der Waals surface area contributed by atoms with Crippen LogP contribution >= 0.6 is 12.4 Å². The number of anilines is 1. The number of nitrogens with one attached hydrogen (secondary N) is 2. The maximum atomic E-state index is 12.2. The molecule has 5 nitrogen and oxygen atoms in total. The molecule has 6 heteroatoms. The van der Waals surface area contributed by atoms with Crippen LogP contribution in [0.5, 0.6) is 0 Å². The lowest BCUT2D eigenvalue weighted by atomic mass is 9.98. The van der Waals surface area contributed by atoms with Crippen molar-refractivity contribution in [1.29, 1.82) is 0 Å². The molecule has 1 atom stereocenters. The van der Waals surface area contributed by atoms with Crippen LogP contribution in [0.1, 0.15) is 12.8 Å². The predicted molar refractivity (Wildman–Crippen MR) is 85.6 cm³/mol. The van der Waals surface area contributed by atoms with Gasteiger partial charge in [0.25, 0.3) is 0 Å². The molecule has 1 heterocycles. The maximum Gasteiger partial charge on any atom is 0.243 e. The Morgan fingerprint density at radius 3 is 2.67 bits per heavy atom. The summed E-state index contributed by atoms with van der Waals surface area (Å²) in [5, 5.41) is 6.00. The van der Waals surface area contributed by atoms with Crippen LogP contribution in [0.2, 0.25) is 0 Å². The third kappa shape index (κ3) is 5.36. The van der Waals surface area contributed by atoms with Crippen molar-refractivity contribution in [3.8, 4) is 0 Å². The molecule has 21 heavy (non-hydrogen) atoms. The third-order valence-electron chi connectivity index (χ3n) is 3.46. The maximum absolute atomic E-state index is 12.2. The van der Waals surface area contributed by atoms with Gasteiger partial charge >= 0.3 is 0 Å². The highest BCUT2D eigenvalue weighted by molar-refractivity contribution is 5.94. The smallest absolute Gasteiger partial charge is 0.243 e. The van der Waals surface area contributed by atoms with Gasteiger partial charge in [-0.3, -0.25) is 9.59 Å². The number of hydrogen-bond acceptors (Lipinski definition) is 3. The average Bonchev–Trinajstić information content (AvgIpc) is 2.48. The topological polar surface area (TPSA) is 61.4 Å². The van der Waals surface area contributed by atoms with E-state index in [2.05, 4.69) is 10.6 Å². The fourth-order valence-corrected chi connectivity index (χ4v) is 2.39. The summed E-state index contributed by atoms with van der Waals surface area (Å²) in [6.45, 7) is 1.77. The summed E-state index contributed by atoms with van der Waals surface area (Å²) in [5.74, 6) is -0.130. The molecule has 116 valence electrons. The number of carbonyl (C=O) groups excluding carboxylic acids is 2. The molecule has 0 bridgehead atoms. The zero-order valence-corrected chi connectivity index (χ0v) is 13.0. The molecule has 0 saturated carbocycles. The molecule has 1 aromatic rings. The highest BCUT2D eigenvalue weighted by Crippen LogP contribution is 2.12. The second-order valence-corrected chi connectivity index (χ2v) is 5.15. The van der Waals surface area contributed by atoms with Gasteiger partial charge in [-0.1, -0.05) is 18.2 Å². The van der Waals surface area contributed by atoms with Crippen molar-refractivity contribution >= 4 is 29.9 Å². The Balaban J connectivity index is 0.00000220. The molecule has 1 saturated heterocycles. The Labute approximate surface area is 131 Å². The van der Waals surface area contributed by atoms with Crippen molar-refractivity contribution in [2.24, 2.45) is 5.92 Å². The van der Waals surface area contributed by atoms with Crippen molar-refractivity contribution in [3.63, 3.8) is 0 Å². The number of benzene rings is 1. The first kappa shape index (κ1) is 17.5. The van der Waals surface area contributed by atoms with Crippen LogP contribution in [0.15, 0.2) is 30.3 Å². The van der Waals surface area contributed by atoms with Crippen molar-refractivity contribution in [1.82, 2.24) is 10.2 Å². The van der Waals surface area contributed by atoms with Gasteiger partial charge in [0.15, 0.2) is 0 Å². The quantitative estimate of drug-likeness (QED) is 0.886. The van der Waals surface area contributed by atoms with Crippen LogP contribution in [0.4, 0.5) is 5.69 Å². The van der Waals surface area contributed by atoms with Gasteiger partial charge in [-0.25, -0.2) is 0 Å². The van der Waals surface area contributed by atoms with E-state index in [1.807, 2.05) is 30.3 Å². The van der Waals surface area contributed by atoms with Crippen LogP contribution in [0.3, 0.4) is 0 Å². The molecule has 0 aromatic heterocycles. The van der Waals surface area contributed by atoms with Gasteiger partial charge in [0.1, 0.15) is 0 Å². The normalized spacial score (nSPS) is 17.5. The van der Waals surface area contributed by atoms with E-state index in [0.717, 1.165) is 25.1 Å². The summed E-state index contributed by atoms with van der Waals surface area (Å²) in [6.07, 6.45) is 1.91. The summed E-state index contributed by atoms with van der Waals surface area (Å²) in [7, 11) is 1.68. The lowest BCUT2D eigenvalue weighted by Crippen LogP contribution is -2.43. The van der Waals surface area contributed by atoms with Gasteiger partial charge < -0.3 is 15.5 Å². The van der Waals surface area contributed by atoms with Gasteiger partial charge in [0.2, 0.25) is 11.8 Å². The first-order valence-corrected chi connectivity index (χ1v) is 6.97. The van der Waals surface area contributed by atoms with Gasteiger partial charge in [-0.2, -0.15) is 0 Å². The Morgan fingerprint density at radius 2 is 2.05 bits per heavy atom. The van der Waals surface area contributed by atoms with Crippen molar-refractivity contribution < 1.29 is 9.59 Å². The molecule has 1 unspecified atom stereocenters. The molecular formula is C15H22ClN3O2. The van der Waals surface area contributed by atoms with Crippen molar-refractivity contribution in [2.75, 3.05) is 32.0 Å². The number of amides is 2. The zero-order valence-electron chi connectivity index (χ0n) is 12.2. The lowest BCUT2D eigenvalue weighted by molar-refractivity contribution is -0.137. The first-order valence-electron chi connectivity index (χ1n) is 6.97. The SMILES string of the molecule is CN(CC(=O)Nc1ccccc1)C(=O)C1CCCNC1.Cl. The van der Waals surface area contributed by atoms with Crippen molar-refractivity contribution in [2.45, 2.75) is 12.8 Å². The van der Waals surface area contributed by atoms with E-state index in [-0.39, 0.29) is 36.7 Å². The van der Waals surface area contributed by atoms with E-state index in [1.54, 1.807) is 7.05 Å². The zero-order chi connectivity index (χ0) is 14.4. The van der Waals surface area contributed by atoms with Crippen LogP contribution in [-0.2, 0) is 9.59 Å². The third-order valence-corrected chi connectivity index (χ3v) is 3.46. The number of piperidine rings is 1. The Hall–Kier alpha value is -1.59. The van der Waals surface area contributed by atoms with E-state index in [0.29, 0.717) is 6.54 Å². The van der Waals surface area contributed by atoms with Gasteiger partial charge in [0, 0.05) is 19.3 Å². The van der Waals surface area contributed by atoms with Crippen LogP contribution < -0.4 is 10.6 Å². The minimum absolute atomic E-state index is 0. The Bertz CT molecular complexity index is 461. The number of para-hydroxylation sites is 1. The summed E-state index contributed by atoms with van der Waals surface area (Å²) in [5.41, 5.74) is 0.748. The fourth-order valence-electron chi connectivity index (χ4n) is 2.39. The standard InChI is InChI=1S/C15H21N3O2.ClH/c1-18(15(20)12-6-5-9-16-10-12)11-14(19)17-13-7-3-2-4-8-13;/h2-4,7-8,12,16H,5-6,9-11H2,1H3,(H,17,19);1H. The van der Waals surface area contributed by atoms with E-state index in [9.17, 15) is 9.59 Å². The van der Waals surface area contributed by atoms with E-state index in [1.165, 1.54) is 4.90 Å². The Morgan fingerprint density at radius 1 is 1.33 bits per heavy atom. The molecule has 1 aliphatic rings. The summed E-state index contributed by atoms with van der Waals surface area (Å²) in [6, 6.07) is 9.26. The second-order valence-electron chi connectivity index (χ2n) is 5.15. The molecule has 1 fully saturated rings. The number of nitrogens with zero attached hydrogens (tertiary/aromatic N) is 1. The van der Waals surface area contributed by atoms with Gasteiger partial charge in [0.05, 0.1) is 12.5 Å². The highest BCUT2D eigenvalue weighted by Gasteiger charge is 2.24. The van der Waals surface area contributed by atoms with Crippen LogP contribution in [-0.4, -0.2) is 43.4 Å². The molecule has 2 amide bonds. The summed E-state index contributed by atoms with van der Waals surface area (Å²) in [4.78, 5) is 25.6. The molecule has 1 aromatic carbocycles. The molecule has 1 aliphatic heterocycles. The fraction of sp³-hybridized carbons (Fsp3) is 0.467. The van der Waals surface area contributed by atoms with Gasteiger partial charge in [-0.05, 0) is 31.5 Å². The van der Waals surface area contributed by atoms with Crippen LogP contribution in [0, 0.1) is 5.92 Å².